The molecule has 4 rings (SSSR count). The molecule has 28 heavy (non-hydrogen) atoms. The fraction of sp³-hybridized carbons (Fsp3) is 0.333. The van der Waals surface area contributed by atoms with Crippen molar-refractivity contribution in [3.05, 3.63) is 63.6 Å². The lowest BCUT2D eigenvalue weighted by molar-refractivity contribution is 0.0626. The lowest BCUT2D eigenvalue weighted by Gasteiger charge is -2.34. The van der Waals surface area contributed by atoms with Gasteiger partial charge in [0.1, 0.15) is 22.3 Å². The highest BCUT2D eigenvalue weighted by Crippen LogP contribution is 2.24. The van der Waals surface area contributed by atoms with E-state index in [0.29, 0.717) is 24.4 Å². The Morgan fingerprint density at radius 1 is 1.18 bits per heavy atom. The quantitative estimate of drug-likeness (QED) is 0.662. The average molecular weight is 399 g/mol. The van der Waals surface area contributed by atoms with Gasteiger partial charge in [0.2, 0.25) is 0 Å². The van der Waals surface area contributed by atoms with Gasteiger partial charge in [0.15, 0.2) is 0 Å². The second kappa shape index (κ2) is 7.85. The molecule has 5 nitrogen and oxygen atoms in total. The molecule has 0 aliphatic carbocycles. The summed E-state index contributed by atoms with van der Waals surface area (Å²) in [5.74, 6) is 1.25. The predicted molar refractivity (Wildman–Crippen MR) is 107 cm³/mol. The van der Waals surface area contributed by atoms with Gasteiger partial charge in [0, 0.05) is 37.1 Å². The smallest absolute Gasteiger partial charge is 0.257 e. The SMILES string of the molecule is Cc1cc(C(=O)N2CCN(Cc3nc(-c4ccc(F)cc4)cs3)CC2)c(C)o1. The van der Waals surface area contributed by atoms with E-state index in [4.69, 9.17) is 4.42 Å². The lowest BCUT2D eigenvalue weighted by atomic mass is 10.2. The minimum absolute atomic E-state index is 0.0434. The van der Waals surface area contributed by atoms with Crippen LogP contribution < -0.4 is 0 Å². The number of nitrogens with zero attached hydrogens (tertiary/aromatic N) is 3. The average Bonchev–Trinajstić information content (AvgIpc) is 3.28. The van der Waals surface area contributed by atoms with Gasteiger partial charge in [-0.05, 0) is 44.2 Å². The highest BCUT2D eigenvalue weighted by atomic mass is 32.1. The summed E-state index contributed by atoms with van der Waals surface area (Å²) in [4.78, 5) is 21.6. The van der Waals surface area contributed by atoms with Crippen molar-refractivity contribution in [2.24, 2.45) is 0 Å². The van der Waals surface area contributed by atoms with E-state index in [9.17, 15) is 9.18 Å². The van der Waals surface area contributed by atoms with E-state index in [2.05, 4.69) is 9.88 Å². The van der Waals surface area contributed by atoms with Gasteiger partial charge in [-0.2, -0.15) is 0 Å². The van der Waals surface area contributed by atoms with Gasteiger partial charge in [0.25, 0.3) is 5.91 Å². The lowest BCUT2D eigenvalue weighted by Crippen LogP contribution is -2.48. The molecule has 3 heterocycles. The second-order valence-electron chi connectivity index (χ2n) is 7.03. The zero-order chi connectivity index (χ0) is 19.7. The first-order chi connectivity index (χ1) is 13.5. The fourth-order valence-electron chi connectivity index (χ4n) is 3.45. The van der Waals surface area contributed by atoms with E-state index in [1.54, 1.807) is 23.5 Å². The van der Waals surface area contributed by atoms with Gasteiger partial charge in [0.05, 0.1) is 17.8 Å². The summed E-state index contributed by atoms with van der Waals surface area (Å²) in [6, 6.07) is 8.22. The molecule has 1 aromatic carbocycles. The van der Waals surface area contributed by atoms with Crippen LogP contribution in [0, 0.1) is 19.7 Å². The number of piperazine rings is 1. The third kappa shape index (κ3) is 4.00. The number of amides is 1. The number of benzene rings is 1. The van der Waals surface area contributed by atoms with Gasteiger partial charge in [-0.15, -0.1) is 11.3 Å². The Kier molecular flexibility index (Phi) is 5.28. The predicted octanol–water partition coefficient (Wildman–Crippen LogP) is 4.12. The van der Waals surface area contributed by atoms with Crippen LogP contribution in [0.15, 0.2) is 40.1 Å². The van der Waals surface area contributed by atoms with Crippen molar-refractivity contribution in [2.45, 2.75) is 20.4 Å². The minimum atomic E-state index is -0.243. The molecule has 1 fully saturated rings. The zero-order valence-electron chi connectivity index (χ0n) is 15.9. The number of carbonyl (C=O) groups is 1. The van der Waals surface area contributed by atoms with Crippen LogP contribution in [0.1, 0.15) is 26.9 Å². The number of hydrogen-bond donors (Lipinski definition) is 0. The Morgan fingerprint density at radius 2 is 1.89 bits per heavy atom. The maximum absolute atomic E-state index is 13.1. The first-order valence-corrected chi connectivity index (χ1v) is 10.2. The van der Waals surface area contributed by atoms with Crippen LogP contribution in [0.5, 0.6) is 0 Å². The van der Waals surface area contributed by atoms with Crippen molar-refractivity contribution in [3.63, 3.8) is 0 Å². The number of thiazole rings is 1. The summed E-state index contributed by atoms with van der Waals surface area (Å²) in [7, 11) is 0. The van der Waals surface area contributed by atoms with Crippen LogP contribution >= 0.6 is 11.3 Å². The first-order valence-electron chi connectivity index (χ1n) is 9.28. The molecule has 0 unspecified atom stereocenters. The Hall–Kier alpha value is -2.51. The standard InChI is InChI=1S/C21H22FN3O2S/c1-14-11-18(15(2)27-14)21(26)25-9-7-24(8-10-25)12-20-23-19(13-28-20)16-3-5-17(22)6-4-16/h3-6,11,13H,7-10,12H2,1-2H3. The van der Waals surface area contributed by atoms with Crippen LogP contribution in [0.2, 0.25) is 0 Å². The number of hydrogen-bond acceptors (Lipinski definition) is 5. The molecule has 0 bridgehead atoms. The van der Waals surface area contributed by atoms with E-state index in [1.807, 2.05) is 30.2 Å². The van der Waals surface area contributed by atoms with Gasteiger partial charge < -0.3 is 9.32 Å². The fourth-order valence-corrected chi connectivity index (χ4v) is 4.30. The van der Waals surface area contributed by atoms with Gasteiger partial charge in [-0.3, -0.25) is 9.69 Å². The van der Waals surface area contributed by atoms with Crippen molar-refractivity contribution < 1.29 is 13.6 Å². The molecule has 0 spiro atoms. The molecular weight excluding hydrogens is 377 g/mol. The van der Waals surface area contributed by atoms with E-state index in [-0.39, 0.29) is 11.7 Å². The van der Waals surface area contributed by atoms with Crippen molar-refractivity contribution in [3.8, 4) is 11.3 Å². The van der Waals surface area contributed by atoms with E-state index in [0.717, 1.165) is 41.7 Å². The Morgan fingerprint density at radius 3 is 2.54 bits per heavy atom. The molecule has 0 N–H and O–H groups in total. The van der Waals surface area contributed by atoms with Crippen molar-refractivity contribution in [1.29, 1.82) is 0 Å². The largest absolute Gasteiger partial charge is 0.466 e. The maximum atomic E-state index is 13.1. The summed E-state index contributed by atoms with van der Waals surface area (Å²) >= 11 is 1.61. The minimum Gasteiger partial charge on any atom is -0.466 e. The summed E-state index contributed by atoms with van der Waals surface area (Å²) in [5.41, 5.74) is 2.46. The highest BCUT2D eigenvalue weighted by Gasteiger charge is 2.25. The Bertz CT molecular complexity index is 972. The van der Waals surface area contributed by atoms with E-state index in [1.165, 1.54) is 12.1 Å². The second-order valence-corrected chi connectivity index (χ2v) is 7.97. The Balaban J connectivity index is 1.34. The molecule has 146 valence electrons. The van der Waals surface area contributed by atoms with Crippen molar-refractivity contribution in [1.82, 2.24) is 14.8 Å². The maximum Gasteiger partial charge on any atom is 0.257 e. The van der Waals surface area contributed by atoms with Crippen LogP contribution in [0.3, 0.4) is 0 Å². The summed E-state index contributed by atoms with van der Waals surface area (Å²) in [6.45, 7) is 7.46. The third-order valence-electron chi connectivity index (χ3n) is 4.98. The molecular formula is C21H22FN3O2S. The van der Waals surface area contributed by atoms with Gasteiger partial charge in [-0.1, -0.05) is 0 Å². The molecule has 0 atom stereocenters. The number of rotatable bonds is 4. The number of halogens is 1. The number of carbonyl (C=O) groups excluding carboxylic acids is 1. The van der Waals surface area contributed by atoms with Crippen molar-refractivity contribution >= 4 is 17.2 Å². The number of furan rings is 1. The third-order valence-corrected chi connectivity index (χ3v) is 5.82. The molecule has 1 saturated heterocycles. The number of aryl methyl sites for hydroxylation is 2. The monoisotopic (exact) mass is 399 g/mol. The van der Waals surface area contributed by atoms with Crippen LogP contribution in [0.4, 0.5) is 4.39 Å². The molecule has 1 amide bonds. The molecule has 7 heteroatoms. The normalized spacial score (nSPS) is 15.2. The van der Waals surface area contributed by atoms with Crippen LogP contribution in [0.25, 0.3) is 11.3 Å². The number of aromatic nitrogens is 1. The Labute approximate surface area is 167 Å². The molecule has 1 aliphatic heterocycles. The molecule has 2 aromatic heterocycles. The molecule has 0 saturated carbocycles. The van der Waals surface area contributed by atoms with Crippen molar-refractivity contribution in [2.75, 3.05) is 26.2 Å². The molecule has 3 aromatic rings. The highest BCUT2D eigenvalue weighted by molar-refractivity contribution is 7.09. The van der Waals surface area contributed by atoms with Gasteiger partial charge >= 0.3 is 0 Å². The molecule has 0 radical (unpaired) electrons. The zero-order valence-corrected chi connectivity index (χ0v) is 16.8. The summed E-state index contributed by atoms with van der Waals surface area (Å²) < 4.78 is 18.6. The van der Waals surface area contributed by atoms with Crippen LogP contribution in [-0.2, 0) is 6.54 Å². The van der Waals surface area contributed by atoms with Gasteiger partial charge in [-0.25, -0.2) is 9.37 Å². The summed E-state index contributed by atoms with van der Waals surface area (Å²) in [6.07, 6.45) is 0. The van der Waals surface area contributed by atoms with Crippen LogP contribution in [-0.4, -0.2) is 46.9 Å². The van der Waals surface area contributed by atoms with E-state index < -0.39 is 0 Å². The first kappa shape index (κ1) is 18.8. The van der Waals surface area contributed by atoms with E-state index >= 15 is 0 Å². The molecule has 1 aliphatic rings. The topological polar surface area (TPSA) is 49.6 Å². The summed E-state index contributed by atoms with van der Waals surface area (Å²) in [5, 5.41) is 3.03.